The molecule has 1 aromatic rings. The van der Waals surface area contributed by atoms with Gasteiger partial charge in [-0.05, 0) is 12.2 Å². The predicted octanol–water partition coefficient (Wildman–Crippen LogP) is 2.26. The van der Waals surface area contributed by atoms with Gasteiger partial charge in [0.05, 0.1) is 6.04 Å². The number of thioether (sulfide) groups is 1. The zero-order chi connectivity index (χ0) is 9.84. The van der Waals surface area contributed by atoms with Gasteiger partial charge in [-0.2, -0.15) is 0 Å². The van der Waals surface area contributed by atoms with E-state index in [4.69, 9.17) is 10.2 Å². The summed E-state index contributed by atoms with van der Waals surface area (Å²) in [4.78, 5) is 0. The average molecular weight is 238 g/mol. The van der Waals surface area contributed by atoms with Crippen LogP contribution < -0.4 is 5.73 Å². The second kappa shape index (κ2) is 6.27. The molecule has 0 bridgehead atoms. The van der Waals surface area contributed by atoms with Gasteiger partial charge in [-0.1, -0.05) is 32.0 Å². The zero-order valence-corrected chi connectivity index (χ0v) is 10.2. The van der Waals surface area contributed by atoms with Gasteiger partial charge in [0.1, 0.15) is 0 Å². The Morgan fingerprint density at radius 2 is 2.14 bits per heavy atom. The molecule has 1 aromatic heterocycles. The average Bonchev–Trinajstić information content (AvgIpc) is 2.63. The second-order valence-electron chi connectivity index (χ2n) is 3.02. The first kappa shape index (κ1) is 13.7. The maximum absolute atomic E-state index is 5.91. The molecular formula is C8H16ClN3OS. The molecule has 0 fully saturated rings. The fourth-order valence-electron chi connectivity index (χ4n) is 0.935. The van der Waals surface area contributed by atoms with E-state index in [1.165, 1.54) is 11.8 Å². The molecule has 0 aromatic carbocycles. The van der Waals surface area contributed by atoms with Crippen LogP contribution in [0.25, 0.3) is 0 Å². The number of hydrogen-bond donors (Lipinski definition) is 1. The van der Waals surface area contributed by atoms with Crippen LogP contribution in [-0.2, 0) is 0 Å². The fraction of sp³-hybridized carbons (Fsp3) is 0.750. The van der Waals surface area contributed by atoms with Crippen molar-refractivity contribution in [3.63, 3.8) is 0 Å². The van der Waals surface area contributed by atoms with Gasteiger partial charge in [-0.25, -0.2) is 0 Å². The highest BCUT2D eigenvalue weighted by Crippen LogP contribution is 2.22. The smallest absolute Gasteiger partial charge is 0.276 e. The lowest BCUT2D eigenvalue weighted by atomic mass is 10.0. The van der Waals surface area contributed by atoms with Crippen molar-refractivity contribution in [2.45, 2.75) is 31.5 Å². The van der Waals surface area contributed by atoms with E-state index in [0.717, 1.165) is 6.42 Å². The number of nitrogens with two attached hydrogens (primary N) is 1. The summed E-state index contributed by atoms with van der Waals surface area (Å²) < 4.78 is 5.33. The molecule has 14 heavy (non-hydrogen) atoms. The molecule has 0 radical (unpaired) electrons. The summed E-state index contributed by atoms with van der Waals surface area (Å²) in [6.07, 6.45) is 2.91. The molecule has 0 amide bonds. The molecule has 1 rings (SSSR count). The maximum atomic E-state index is 5.91. The highest BCUT2D eigenvalue weighted by Gasteiger charge is 2.19. The van der Waals surface area contributed by atoms with Crippen LogP contribution in [0.15, 0.2) is 9.64 Å². The van der Waals surface area contributed by atoms with Gasteiger partial charge in [0, 0.05) is 0 Å². The molecule has 1 heterocycles. The Bertz CT molecular complexity index is 269. The highest BCUT2D eigenvalue weighted by atomic mass is 35.5. The normalized spacial score (nSPS) is 14.6. The van der Waals surface area contributed by atoms with Gasteiger partial charge in [0.15, 0.2) is 0 Å². The minimum atomic E-state index is -0.140. The molecule has 0 aliphatic heterocycles. The largest absolute Gasteiger partial charge is 0.414 e. The van der Waals surface area contributed by atoms with E-state index in [9.17, 15) is 0 Å². The molecule has 82 valence electrons. The van der Waals surface area contributed by atoms with Crippen molar-refractivity contribution in [1.82, 2.24) is 10.2 Å². The molecule has 6 heteroatoms. The number of nitrogens with zero attached hydrogens (tertiary/aromatic N) is 2. The second-order valence-corrected chi connectivity index (χ2v) is 3.78. The van der Waals surface area contributed by atoms with Gasteiger partial charge < -0.3 is 10.2 Å². The molecule has 0 saturated carbocycles. The molecular weight excluding hydrogens is 222 g/mol. The number of aromatic nitrogens is 2. The minimum Gasteiger partial charge on any atom is -0.414 e. The minimum absolute atomic E-state index is 0. The molecule has 1 unspecified atom stereocenters. The summed E-state index contributed by atoms with van der Waals surface area (Å²) in [6.45, 7) is 4.17. The molecule has 0 spiro atoms. The molecule has 0 saturated heterocycles. The number of halogens is 1. The van der Waals surface area contributed by atoms with E-state index in [-0.39, 0.29) is 18.4 Å². The van der Waals surface area contributed by atoms with E-state index < -0.39 is 0 Å². The van der Waals surface area contributed by atoms with Gasteiger partial charge in [-0.3, -0.25) is 0 Å². The van der Waals surface area contributed by atoms with Crippen molar-refractivity contribution in [2.24, 2.45) is 11.7 Å². The Balaban J connectivity index is 0.00000169. The van der Waals surface area contributed by atoms with E-state index >= 15 is 0 Å². The number of rotatable bonds is 4. The third-order valence-electron chi connectivity index (χ3n) is 2.14. The van der Waals surface area contributed by atoms with Crippen LogP contribution >= 0.6 is 24.2 Å². The summed E-state index contributed by atoms with van der Waals surface area (Å²) in [7, 11) is 0. The molecule has 2 atom stereocenters. The lowest BCUT2D eigenvalue weighted by Gasteiger charge is -2.13. The molecule has 0 aliphatic rings. The quantitative estimate of drug-likeness (QED) is 0.814. The van der Waals surface area contributed by atoms with Gasteiger partial charge in [0.2, 0.25) is 5.89 Å². The lowest BCUT2D eigenvalue weighted by molar-refractivity contribution is 0.333. The lowest BCUT2D eigenvalue weighted by Crippen LogP contribution is -2.18. The van der Waals surface area contributed by atoms with Crippen molar-refractivity contribution in [2.75, 3.05) is 6.26 Å². The van der Waals surface area contributed by atoms with Crippen LogP contribution in [0.3, 0.4) is 0 Å². The third kappa shape index (κ3) is 3.15. The van der Waals surface area contributed by atoms with Crippen LogP contribution in [0.1, 0.15) is 32.2 Å². The van der Waals surface area contributed by atoms with Crippen LogP contribution in [0, 0.1) is 5.92 Å². The van der Waals surface area contributed by atoms with Crippen molar-refractivity contribution >= 4 is 24.2 Å². The van der Waals surface area contributed by atoms with Crippen LogP contribution in [-0.4, -0.2) is 16.5 Å². The molecule has 0 aliphatic carbocycles. The van der Waals surface area contributed by atoms with E-state index in [1.54, 1.807) is 0 Å². The fourth-order valence-corrected chi connectivity index (χ4v) is 1.23. The van der Waals surface area contributed by atoms with E-state index in [0.29, 0.717) is 17.0 Å². The van der Waals surface area contributed by atoms with Crippen molar-refractivity contribution in [3.8, 4) is 0 Å². The highest BCUT2D eigenvalue weighted by molar-refractivity contribution is 7.98. The monoisotopic (exact) mass is 237 g/mol. The van der Waals surface area contributed by atoms with Crippen LogP contribution in [0.5, 0.6) is 0 Å². The molecule has 4 nitrogen and oxygen atoms in total. The maximum Gasteiger partial charge on any atom is 0.276 e. The van der Waals surface area contributed by atoms with Gasteiger partial charge >= 0.3 is 0 Å². The van der Waals surface area contributed by atoms with Crippen LogP contribution in [0.4, 0.5) is 0 Å². The first-order valence-corrected chi connectivity index (χ1v) is 5.54. The Labute approximate surface area is 94.4 Å². The van der Waals surface area contributed by atoms with Crippen molar-refractivity contribution in [3.05, 3.63) is 5.89 Å². The SMILES string of the molecule is CCC(C)[C@@H](N)c1nnc(SC)o1.Cl. The standard InChI is InChI=1S/C8H15N3OS.ClH/c1-4-5(2)6(9)7-10-11-8(12-7)13-3;/h5-6H,4,9H2,1-3H3;1H/t5?,6-;/m1./s1. The topological polar surface area (TPSA) is 64.9 Å². The first-order chi connectivity index (χ1) is 6.19. The van der Waals surface area contributed by atoms with Crippen molar-refractivity contribution in [1.29, 1.82) is 0 Å². The van der Waals surface area contributed by atoms with Crippen molar-refractivity contribution < 1.29 is 4.42 Å². The van der Waals surface area contributed by atoms with E-state index in [1.807, 2.05) is 6.26 Å². The number of hydrogen-bond acceptors (Lipinski definition) is 5. The first-order valence-electron chi connectivity index (χ1n) is 4.32. The Kier molecular flexibility index (Phi) is 6.15. The van der Waals surface area contributed by atoms with E-state index in [2.05, 4.69) is 24.0 Å². The summed E-state index contributed by atoms with van der Waals surface area (Å²) in [5.74, 6) is 0.911. The third-order valence-corrected chi connectivity index (χ3v) is 2.65. The Morgan fingerprint density at radius 3 is 2.57 bits per heavy atom. The van der Waals surface area contributed by atoms with Gasteiger partial charge in [0.25, 0.3) is 5.22 Å². The zero-order valence-electron chi connectivity index (χ0n) is 8.56. The van der Waals surface area contributed by atoms with Crippen LogP contribution in [0.2, 0.25) is 0 Å². The summed E-state index contributed by atoms with van der Waals surface area (Å²) >= 11 is 1.43. The summed E-state index contributed by atoms with van der Waals surface area (Å²) in [5.41, 5.74) is 5.91. The predicted molar refractivity (Wildman–Crippen MR) is 59.7 cm³/mol. The Morgan fingerprint density at radius 1 is 1.50 bits per heavy atom. The Hall–Kier alpha value is -0.260. The molecule has 2 N–H and O–H groups in total. The summed E-state index contributed by atoms with van der Waals surface area (Å²) in [5, 5.41) is 8.31. The summed E-state index contributed by atoms with van der Waals surface area (Å²) in [6, 6.07) is -0.140. The van der Waals surface area contributed by atoms with Gasteiger partial charge in [-0.15, -0.1) is 22.6 Å².